The van der Waals surface area contributed by atoms with Crippen LogP contribution in [0, 0.1) is 11.7 Å². The molecule has 1 saturated carbocycles. The van der Waals surface area contributed by atoms with Gasteiger partial charge in [-0.3, -0.25) is 4.98 Å². The smallest absolute Gasteiger partial charge is 0.133 e. The van der Waals surface area contributed by atoms with Gasteiger partial charge in [-0.25, -0.2) is 4.39 Å². The van der Waals surface area contributed by atoms with Gasteiger partial charge < -0.3 is 15.0 Å². The molecule has 184 valence electrons. The number of aromatic nitrogens is 1. The summed E-state index contributed by atoms with van der Waals surface area (Å²) in [6.07, 6.45) is 4.08. The van der Waals surface area contributed by atoms with Crippen LogP contribution >= 0.6 is 11.6 Å². The summed E-state index contributed by atoms with van der Waals surface area (Å²) in [5.74, 6) is 0.665. The fourth-order valence-corrected chi connectivity index (χ4v) is 4.73. The molecule has 1 aliphatic carbocycles. The van der Waals surface area contributed by atoms with Crippen LogP contribution in [-0.4, -0.2) is 31.1 Å². The van der Waals surface area contributed by atoms with Crippen LogP contribution in [0.2, 0.25) is 5.02 Å². The number of hydrogen-bond donors (Lipinski definition) is 1. The standard InChI is InChI=1S/C30H29ClFN3O/c1-18(20-7-8-20)27-16-33-29-15-28(32)25(21-11-22(31)13-24(12-21)36-4)14-26(29)30(27)34-23-9-5-19(6-10-23)17-35(2)3/h5-6,9-16,20H,1,7-8,17H2,2-4H3,(H,33,34). The topological polar surface area (TPSA) is 37.4 Å². The van der Waals surface area contributed by atoms with Gasteiger partial charge in [0.15, 0.2) is 0 Å². The molecule has 6 heteroatoms. The Hall–Kier alpha value is -3.41. The van der Waals surface area contributed by atoms with Crippen LogP contribution in [0.3, 0.4) is 0 Å². The van der Waals surface area contributed by atoms with Crippen LogP contribution < -0.4 is 10.1 Å². The van der Waals surface area contributed by atoms with Crippen molar-refractivity contribution in [1.29, 1.82) is 0 Å². The largest absolute Gasteiger partial charge is 0.497 e. The molecule has 3 aromatic carbocycles. The summed E-state index contributed by atoms with van der Waals surface area (Å²) in [7, 11) is 5.67. The number of methoxy groups -OCH3 is 1. The van der Waals surface area contributed by atoms with Crippen molar-refractivity contribution in [2.45, 2.75) is 19.4 Å². The molecule has 0 spiro atoms. The molecule has 1 N–H and O–H groups in total. The van der Waals surface area contributed by atoms with Crippen molar-refractivity contribution in [3.63, 3.8) is 0 Å². The van der Waals surface area contributed by atoms with E-state index in [1.54, 1.807) is 25.3 Å². The normalized spacial score (nSPS) is 13.3. The zero-order valence-electron chi connectivity index (χ0n) is 20.7. The molecular formula is C30H29ClFN3O. The molecule has 36 heavy (non-hydrogen) atoms. The van der Waals surface area contributed by atoms with Crippen LogP contribution in [0.1, 0.15) is 24.0 Å². The van der Waals surface area contributed by atoms with Crippen LogP contribution in [0.5, 0.6) is 5.75 Å². The van der Waals surface area contributed by atoms with Crippen LogP contribution in [0.4, 0.5) is 15.8 Å². The van der Waals surface area contributed by atoms with Gasteiger partial charge >= 0.3 is 0 Å². The number of nitrogens with one attached hydrogen (secondary N) is 1. The van der Waals surface area contributed by atoms with Crippen molar-refractivity contribution in [3.8, 4) is 16.9 Å². The second kappa shape index (κ2) is 9.92. The molecule has 0 atom stereocenters. The Morgan fingerprint density at radius 2 is 1.89 bits per heavy atom. The summed E-state index contributed by atoms with van der Waals surface area (Å²) in [5.41, 5.74) is 6.73. The number of hydrogen-bond acceptors (Lipinski definition) is 4. The van der Waals surface area contributed by atoms with Crippen molar-refractivity contribution in [2.75, 3.05) is 26.5 Å². The van der Waals surface area contributed by atoms with Crippen LogP contribution in [-0.2, 0) is 6.54 Å². The first kappa shape index (κ1) is 24.3. The van der Waals surface area contributed by atoms with Gasteiger partial charge in [0.2, 0.25) is 0 Å². The van der Waals surface area contributed by atoms with Crippen molar-refractivity contribution in [1.82, 2.24) is 9.88 Å². The Bertz CT molecular complexity index is 1450. The van der Waals surface area contributed by atoms with Gasteiger partial charge in [-0.2, -0.15) is 0 Å². The number of halogens is 2. The van der Waals surface area contributed by atoms with Crippen LogP contribution in [0.15, 0.2) is 67.4 Å². The van der Waals surface area contributed by atoms with Crippen molar-refractivity contribution in [2.24, 2.45) is 5.92 Å². The second-order valence-electron chi connectivity index (χ2n) is 9.64. The molecule has 5 rings (SSSR count). The number of anilines is 2. The number of nitrogens with zero attached hydrogens (tertiary/aromatic N) is 2. The Labute approximate surface area is 216 Å². The zero-order chi connectivity index (χ0) is 25.4. The number of rotatable bonds is 8. The summed E-state index contributed by atoms with van der Waals surface area (Å²) in [5, 5.41) is 4.91. The lowest BCUT2D eigenvalue weighted by molar-refractivity contribution is 0.402. The minimum Gasteiger partial charge on any atom is -0.497 e. The minimum atomic E-state index is -0.368. The first-order valence-corrected chi connectivity index (χ1v) is 12.4. The van der Waals surface area contributed by atoms with E-state index in [9.17, 15) is 0 Å². The highest BCUT2D eigenvalue weighted by Gasteiger charge is 2.28. The lowest BCUT2D eigenvalue weighted by atomic mass is 9.97. The predicted octanol–water partition coefficient (Wildman–Crippen LogP) is 7.93. The van der Waals surface area contributed by atoms with Crippen molar-refractivity contribution in [3.05, 3.63) is 89.3 Å². The average Bonchev–Trinajstić information content (AvgIpc) is 3.69. The maximum atomic E-state index is 15.3. The lowest BCUT2D eigenvalue weighted by Crippen LogP contribution is -2.10. The van der Waals surface area contributed by atoms with E-state index < -0.39 is 0 Å². The monoisotopic (exact) mass is 501 g/mol. The highest BCUT2D eigenvalue weighted by molar-refractivity contribution is 6.31. The van der Waals surface area contributed by atoms with E-state index in [-0.39, 0.29) is 5.82 Å². The quantitative estimate of drug-likeness (QED) is 0.266. The number of ether oxygens (including phenoxy) is 1. The highest BCUT2D eigenvalue weighted by Crippen LogP contribution is 2.45. The molecule has 4 nitrogen and oxygen atoms in total. The Morgan fingerprint density at radius 1 is 1.14 bits per heavy atom. The van der Waals surface area contributed by atoms with E-state index in [2.05, 4.69) is 60.1 Å². The molecule has 4 aromatic rings. The Kier molecular flexibility index (Phi) is 6.69. The molecule has 1 fully saturated rings. The summed E-state index contributed by atoms with van der Waals surface area (Å²) in [4.78, 5) is 6.75. The minimum absolute atomic E-state index is 0.368. The van der Waals surface area contributed by atoms with Crippen molar-refractivity contribution < 1.29 is 9.13 Å². The summed E-state index contributed by atoms with van der Waals surface area (Å²) >= 11 is 6.30. The van der Waals surface area contributed by atoms with E-state index in [0.29, 0.717) is 33.3 Å². The Morgan fingerprint density at radius 3 is 2.56 bits per heavy atom. The molecule has 0 bridgehead atoms. The molecule has 0 amide bonds. The second-order valence-corrected chi connectivity index (χ2v) is 10.1. The number of fused-ring (bicyclic) bond motifs is 1. The number of pyridine rings is 1. The Balaban J connectivity index is 1.65. The van der Waals surface area contributed by atoms with Gasteiger partial charge in [0.1, 0.15) is 11.6 Å². The molecule has 1 aromatic heterocycles. The van der Waals surface area contributed by atoms with Gasteiger partial charge in [-0.05, 0) is 86.0 Å². The van der Waals surface area contributed by atoms with Gasteiger partial charge in [0.25, 0.3) is 0 Å². The van der Waals surface area contributed by atoms with E-state index in [1.165, 1.54) is 11.6 Å². The van der Waals surface area contributed by atoms with Gasteiger partial charge in [0, 0.05) is 46.0 Å². The molecule has 1 aliphatic rings. The molecule has 0 unspecified atom stereocenters. The predicted molar refractivity (Wildman–Crippen MR) is 148 cm³/mol. The summed E-state index contributed by atoms with van der Waals surface area (Å²) in [6, 6.07) is 16.9. The third-order valence-electron chi connectivity index (χ3n) is 6.51. The zero-order valence-corrected chi connectivity index (χ0v) is 21.5. The first-order valence-electron chi connectivity index (χ1n) is 12.0. The first-order chi connectivity index (χ1) is 17.3. The van der Waals surface area contributed by atoms with Gasteiger partial charge in [0.05, 0.1) is 18.3 Å². The molecular weight excluding hydrogens is 473 g/mol. The van der Waals surface area contributed by atoms with Crippen molar-refractivity contribution >= 4 is 39.5 Å². The summed E-state index contributed by atoms with van der Waals surface area (Å²) < 4.78 is 20.7. The third kappa shape index (κ3) is 5.08. The fourth-order valence-electron chi connectivity index (χ4n) is 4.50. The van der Waals surface area contributed by atoms with E-state index in [1.807, 2.05) is 12.3 Å². The molecule has 0 radical (unpaired) electrons. The third-order valence-corrected chi connectivity index (χ3v) is 6.73. The lowest BCUT2D eigenvalue weighted by Gasteiger charge is -2.18. The fraction of sp³-hybridized carbons (Fsp3) is 0.233. The average molecular weight is 502 g/mol. The highest BCUT2D eigenvalue weighted by atomic mass is 35.5. The number of benzene rings is 3. The van der Waals surface area contributed by atoms with E-state index in [0.717, 1.165) is 47.3 Å². The molecule has 0 saturated heterocycles. The number of allylic oxidation sites excluding steroid dienone is 1. The van der Waals surface area contributed by atoms with Gasteiger partial charge in [-0.15, -0.1) is 0 Å². The van der Waals surface area contributed by atoms with E-state index in [4.69, 9.17) is 16.3 Å². The maximum absolute atomic E-state index is 15.3. The SMILES string of the molecule is C=C(c1cnc2cc(F)c(-c3cc(Cl)cc(OC)c3)cc2c1Nc1ccc(CN(C)C)cc1)C1CC1. The van der Waals surface area contributed by atoms with E-state index >= 15 is 4.39 Å². The molecule has 1 heterocycles. The molecule has 0 aliphatic heterocycles. The van der Waals surface area contributed by atoms with Crippen LogP contribution in [0.25, 0.3) is 27.6 Å². The maximum Gasteiger partial charge on any atom is 0.133 e. The van der Waals surface area contributed by atoms with Gasteiger partial charge in [-0.1, -0.05) is 30.3 Å². The summed E-state index contributed by atoms with van der Waals surface area (Å²) in [6.45, 7) is 5.25.